The fourth-order valence-electron chi connectivity index (χ4n) is 1.21. The van der Waals surface area contributed by atoms with E-state index in [0.717, 1.165) is 26.4 Å². The van der Waals surface area contributed by atoms with Gasteiger partial charge in [0.05, 0.1) is 0 Å². The average molecular weight is 350 g/mol. The minimum Gasteiger partial charge on any atom is -0.478 e. The van der Waals surface area contributed by atoms with Crippen LogP contribution in [0, 0.1) is 0 Å². The third kappa shape index (κ3) is 87.2. The average Bonchev–Trinajstić information content (AvgIpc) is 2.62. The zero-order valence-electron chi connectivity index (χ0n) is 15.8. The summed E-state index contributed by atoms with van der Waals surface area (Å²) >= 11 is 0. The highest BCUT2D eigenvalue weighted by Crippen LogP contribution is 2.07. The van der Waals surface area contributed by atoms with Crippen LogP contribution in [0.25, 0.3) is 0 Å². The summed E-state index contributed by atoms with van der Waals surface area (Å²) in [5.41, 5.74) is 0. The van der Waals surface area contributed by atoms with E-state index in [2.05, 4.69) is 27.0 Å². The van der Waals surface area contributed by atoms with Gasteiger partial charge >= 0.3 is 11.9 Å². The van der Waals surface area contributed by atoms with Gasteiger partial charge in [-0.1, -0.05) is 78.4 Å². The fourth-order valence-corrected chi connectivity index (χ4v) is 1.21. The predicted octanol–water partition coefficient (Wildman–Crippen LogP) is 3.88. The van der Waals surface area contributed by atoms with Gasteiger partial charge in [-0.3, -0.25) is 0 Å². The van der Waals surface area contributed by atoms with Gasteiger partial charge in [0.25, 0.3) is 0 Å². The zero-order valence-corrected chi connectivity index (χ0v) is 15.8. The zero-order chi connectivity index (χ0) is 20.2. The van der Waals surface area contributed by atoms with Gasteiger partial charge in [-0.15, -0.1) is 0 Å². The summed E-state index contributed by atoms with van der Waals surface area (Å²) in [4.78, 5) is 18.5. The van der Waals surface area contributed by atoms with Crippen molar-refractivity contribution in [1.29, 1.82) is 0 Å². The van der Waals surface area contributed by atoms with Crippen molar-refractivity contribution in [3.8, 4) is 0 Å². The van der Waals surface area contributed by atoms with Crippen molar-refractivity contribution in [3.63, 3.8) is 0 Å². The van der Waals surface area contributed by atoms with Crippen molar-refractivity contribution in [2.45, 2.75) is 65.2 Å². The van der Waals surface area contributed by atoms with Crippen LogP contribution in [0.1, 0.15) is 65.2 Å². The number of hydrogen-bond acceptors (Lipinski definition) is 4. The van der Waals surface area contributed by atoms with Crippen molar-refractivity contribution in [1.82, 2.24) is 0 Å². The number of aliphatic hydroxyl groups is 2. The highest BCUT2D eigenvalue weighted by Gasteiger charge is 1.87. The lowest BCUT2D eigenvalue weighted by atomic mass is 10.1. The van der Waals surface area contributed by atoms with E-state index in [-0.39, 0.29) is 0 Å². The molecule has 0 radical (unpaired) electrons. The number of aliphatic carboxylic acids is 2. The van der Waals surface area contributed by atoms with E-state index in [4.69, 9.17) is 20.4 Å². The van der Waals surface area contributed by atoms with E-state index in [1.54, 1.807) is 0 Å². The largest absolute Gasteiger partial charge is 0.478 e. The number of rotatable bonds is 9. The Hall–Kier alpha value is -1.66. The molecule has 0 rings (SSSR count). The Kier molecular flexibility index (Phi) is 60.5. The second-order valence-corrected chi connectivity index (χ2v) is 4.21. The Morgan fingerprint density at radius 1 is 0.667 bits per heavy atom. The number of carboxylic acids is 2. The molecule has 4 N–H and O–H groups in total. The Bertz CT molecular complexity index is 226. The molecule has 0 saturated carbocycles. The Labute approximate surface area is 147 Å². The van der Waals surface area contributed by atoms with Crippen LogP contribution < -0.4 is 0 Å². The van der Waals surface area contributed by atoms with Crippen molar-refractivity contribution in [2.75, 3.05) is 14.2 Å². The molecule has 0 aliphatic carbocycles. The van der Waals surface area contributed by atoms with Gasteiger partial charge in [-0.05, 0) is 0 Å². The molecular formula is C18H38O6. The van der Waals surface area contributed by atoms with Crippen molar-refractivity contribution >= 4 is 11.9 Å². The minimum atomic E-state index is -0.981. The predicted molar refractivity (Wildman–Crippen MR) is 100 cm³/mol. The summed E-state index contributed by atoms with van der Waals surface area (Å²) in [6, 6.07) is 0. The second kappa shape index (κ2) is 42.9. The van der Waals surface area contributed by atoms with E-state index >= 15 is 0 Å². The van der Waals surface area contributed by atoms with Crippen LogP contribution in [0.15, 0.2) is 25.3 Å². The van der Waals surface area contributed by atoms with Crippen LogP contribution in [-0.2, 0) is 9.59 Å². The lowest BCUT2D eigenvalue weighted by Crippen LogP contribution is -1.82. The molecule has 0 amide bonds. The molecule has 0 unspecified atom stereocenters. The standard InChI is InChI=1S/C10H22.2C3H4O2.2CH4O/c1-3-5-7-9-10-8-6-4-2;2*1-2-3(4)5;2*1-2/h3-10H2,1-2H3;2*2H,1H2,(H,4,5);2*2H,1H3. The number of hydrogen-bond donors (Lipinski definition) is 4. The summed E-state index contributed by atoms with van der Waals surface area (Å²) in [5, 5.41) is 29.2. The van der Waals surface area contributed by atoms with Crippen molar-refractivity contribution in [3.05, 3.63) is 25.3 Å². The lowest BCUT2D eigenvalue weighted by Gasteiger charge is -1.97. The monoisotopic (exact) mass is 350 g/mol. The van der Waals surface area contributed by atoms with Gasteiger partial charge in [-0.25, -0.2) is 9.59 Å². The quantitative estimate of drug-likeness (QED) is 0.370. The molecule has 0 aromatic rings. The fraction of sp³-hybridized carbons (Fsp3) is 0.667. The molecule has 0 bridgehead atoms. The molecule has 0 saturated heterocycles. The first-order chi connectivity index (χ1) is 11.5. The Morgan fingerprint density at radius 3 is 0.958 bits per heavy atom. The molecule has 0 fully saturated rings. The Balaban J connectivity index is -0.0000000731. The van der Waals surface area contributed by atoms with Crippen LogP contribution in [-0.4, -0.2) is 46.6 Å². The van der Waals surface area contributed by atoms with Gasteiger partial charge in [-0.2, -0.15) is 0 Å². The summed E-state index contributed by atoms with van der Waals surface area (Å²) in [7, 11) is 2.00. The van der Waals surface area contributed by atoms with Crippen molar-refractivity contribution < 1.29 is 30.0 Å². The summed E-state index contributed by atoms with van der Waals surface area (Å²) < 4.78 is 0. The molecule has 6 nitrogen and oxygen atoms in total. The molecule has 0 atom stereocenters. The molecule has 0 spiro atoms. The smallest absolute Gasteiger partial charge is 0.327 e. The molecular weight excluding hydrogens is 312 g/mol. The number of carboxylic acid groups (broad SMARTS) is 2. The first-order valence-electron chi connectivity index (χ1n) is 8.06. The molecule has 24 heavy (non-hydrogen) atoms. The molecule has 0 aromatic carbocycles. The summed E-state index contributed by atoms with van der Waals surface area (Å²) in [6.45, 7) is 10.5. The number of aliphatic hydroxyl groups excluding tert-OH is 2. The first kappa shape index (κ1) is 33.8. The highest BCUT2D eigenvalue weighted by atomic mass is 16.4. The molecule has 6 heteroatoms. The van der Waals surface area contributed by atoms with Crippen molar-refractivity contribution in [2.24, 2.45) is 0 Å². The number of unbranched alkanes of at least 4 members (excludes halogenated alkanes) is 7. The van der Waals surface area contributed by atoms with E-state index in [0.29, 0.717) is 0 Å². The van der Waals surface area contributed by atoms with Crippen LogP contribution in [0.3, 0.4) is 0 Å². The second-order valence-electron chi connectivity index (χ2n) is 4.21. The SMILES string of the molecule is C=CC(=O)O.C=CC(=O)O.CCCCCCCCCC.CO.CO. The maximum atomic E-state index is 9.25. The van der Waals surface area contributed by atoms with Gasteiger partial charge in [0.15, 0.2) is 0 Å². The van der Waals surface area contributed by atoms with Crippen LogP contribution in [0.5, 0.6) is 0 Å². The van der Waals surface area contributed by atoms with Crippen LogP contribution in [0.2, 0.25) is 0 Å². The normalized spacial score (nSPS) is 7.42. The summed E-state index contributed by atoms with van der Waals surface area (Å²) in [6.07, 6.45) is 13.1. The van der Waals surface area contributed by atoms with Gasteiger partial charge < -0.3 is 20.4 Å². The number of carbonyl (C=O) groups is 2. The third-order valence-corrected chi connectivity index (χ3v) is 2.31. The summed E-state index contributed by atoms with van der Waals surface area (Å²) in [5.74, 6) is -1.96. The van der Waals surface area contributed by atoms with Crippen LogP contribution in [0.4, 0.5) is 0 Å². The molecule has 0 aliphatic rings. The van der Waals surface area contributed by atoms with Crippen LogP contribution >= 0.6 is 0 Å². The Morgan fingerprint density at radius 2 is 0.833 bits per heavy atom. The molecule has 0 heterocycles. The van der Waals surface area contributed by atoms with E-state index in [1.807, 2.05) is 0 Å². The van der Waals surface area contributed by atoms with E-state index < -0.39 is 11.9 Å². The highest BCUT2D eigenvalue weighted by molar-refractivity contribution is 5.79. The lowest BCUT2D eigenvalue weighted by molar-refractivity contribution is -0.132. The van der Waals surface area contributed by atoms with Gasteiger partial charge in [0.2, 0.25) is 0 Å². The van der Waals surface area contributed by atoms with E-state index in [9.17, 15) is 9.59 Å². The first-order valence-corrected chi connectivity index (χ1v) is 8.06. The minimum absolute atomic E-state index is 0.833. The van der Waals surface area contributed by atoms with E-state index in [1.165, 1.54) is 51.4 Å². The molecule has 146 valence electrons. The molecule has 0 aliphatic heterocycles. The maximum Gasteiger partial charge on any atom is 0.327 e. The third-order valence-electron chi connectivity index (χ3n) is 2.31. The maximum absolute atomic E-state index is 9.25. The molecule has 0 aromatic heterocycles. The topological polar surface area (TPSA) is 115 Å². The van der Waals surface area contributed by atoms with Gasteiger partial charge in [0, 0.05) is 26.4 Å². The van der Waals surface area contributed by atoms with Gasteiger partial charge in [0.1, 0.15) is 0 Å².